The zero-order chi connectivity index (χ0) is 45.6. The lowest BCUT2D eigenvalue weighted by Gasteiger charge is -2.20. The van der Waals surface area contributed by atoms with Gasteiger partial charge < -0.3 is 25.2 Å². The average Bonchev–Trinajstić information content (AvgIpc) is 3.25. The lowest BCUT2D eigenvalue weighted by atomic mass is 10.1. The van der Waals surface area contributed by atoms with Gasteiger partial charge in [0.2, 0.25) is 0 Å². The second-order valence-corrected chi connectivity index (χ2v) is 18.4. The van der Waals surface area contributed by atoms with Crippen LogP contribution in [0.25, 0.3) is 0 Å². The molecule has 3 atom stereocenters. The minimum atomic E-state index is -4.72. The molecule has 0 aliphatic heterocycles. The Bertz CT molecular complexity index is 1190. The number of carboxylic acid groups (broad SMARTS) is 1. The van der Waals surface area contributed by atoms with Crippen LogP contribution in [-0.2, 0) is 37.5 Å². The lowest BCUT2D eigenvalue weighted by Crippen LogP contribution is -2.34. The van der Waals surface area contributed by atoms with E-state index in [9.17, 15) is 23.8 Å². The quantitative estimate of drug-likeness (QED) is 0.0230. The molecule has 0 aliphatic rings. The van der Waals surface area contributed by atoms with Gasteiger partial charge in [0, 0.05) is 12.8 Å². The zero-order valence-electron chi connectivity index (χ0n) is 39.5. The summed E-state index contributed by atoms with van der Waals surface area (Å²) in [5.41, 5.74) is 5.35. The molecular weight excluding hydrogens is 806 g/mol. The number of hydrogen-bond donors (Lipinski definition) is 3. The van der Waals surface area contributed by atoms with Crippen LogP contribution in [0.2, 0.25) is 0 Å². The lowest BCUT2D eigenvalue weighted by molar-refractivity contribution is -0.161. The topological polar surface area (TPSA) is 172 Å². The van der Waals surface area contributed by atoms with Crippen molar-refractivity contribution in [3.8, 4) is 0 Å². The third-order valence-corrected chi connectivity index (χ3v) is 11.8. The Balaban J connectivity index is 4.27. The monoisotopic (exact) mass is 898 g/mol. The van der Waals surface area contributed by atoms with Crippen LogP contribution in [0, 0.1) is 0 Å². The SMILES string of the molecule is CCCCC/C=C\C/C=C\CCCCCCCCCCCC(=O)OC[C@H](COP(=O)(O)OC[C@H](N)C(=O)O)OC(=O)CCCCCCCCC/C=C\CCCCCCCCCC. The number of carbonyl (C=O) groups is 3. The number of aliphatic carboxylic acids is 1. The highest BCUT2D eigenvalue weighted by Gasteiger charge is 2.28. The first-order valence-electron chi connectivity index (χ1n) is 25.0. The van der Waals surface area contributed by atoms with Crippen molar-refractivity contribution in [2.24, 2.45) is 5.73 Å². The first-order chi connectivity index (χ1) is 30.1. The summed E-state index contributed by atoms with van der Waals surface area (Å²) >= 11 is 0. The summed E-state index contributed by atoms with van der Waals surface area (Å²) in [5.74, 6) is -2.38. The number of rotatable bonds is 47. The van der Waals surface area contributed by atoms with Crippen molar-refractivity contribution in [2.75, 3.05) is 19.8 Å². The highest BCUT2D eigenvalue weighted by Crippen LogP contribution is 2.43. The van der Waals surface area contributed by atoms with Gasteiger partial charge in [-0.3, -0.25) is 23.4 Å². The van der Waals surface area contributed by atoms with Crippen molar-refractivity contribution in [1.82, 2.24) is 0 Å². The molecule has 0 aliphatic carbocycles. The Hall–Kier alpha value is -2.30. The predicted molar refractivity (Wildman–Crippen MR) is 254 cm³/mol. The second kappa shape index (κ2) is 45.3. The molecule has 11 nitrogen and oxygen atoms in total. The van der Waals surface area contributed by atoms with Crippen molar-refractivity contribution in [3.63, 3.8) is 0 Å². The Morgan fingerprint density at radius 3 is 1.31 bits per heavy atom. The Kier molecular flexibility index (Phi) is 43.6. The number of ether oxygens (including phenoxy) is 2. The number of carboxylic acids is 1. The van der Waals surface area contributed by atoms with Crippen LogP contribution < -0.4 is 5.73 Å². The van der Waals surface area contributed by atoms with E-state index in [2.05, 4.69) is 54.8 Å². The summed E-state index contributed by atoms with van der Waals surface area (Å²) in [5, 5.41) is 8.92. The summed E-state index contributed by atoms with van der Waals surface area (Å²) in [4.78, 5) is 46.1. The molecule has 0 spiro atoms. The highest BCUT2D eigenvalue weighted by molar-refractivity contribution is 7.47. The van der Waals surface area contributed by atoms with Gasteiger partial charge in [-0.15, -0.1) is 0 Å². The molecule has 12 heteroatoms. The molecule has 0 saturated carbocycles. The third-order valence-electron chi connectivity index (χ3n) is 10.9. The van der Waals surface area contributed by atoms with Gasteiger partial charge in [-0.05, 0) is 70.6 Å². The molecule has 0 bridgehead atoms. The summed E-state index contributed by atoms with van der Waals surface area (Å²) in [6.45, 7) is 2.80. The van der Waals surface area contributed by atoms with Crippen LogP contribution in [0.15, 0.2) is 36.5 Å². The van der Waals surface area contributed by atoms with Crippen molar-refractivity contribution >= 4 is 25.7 Å². The van der Waals surface area contributed by atoms with Crippen LogP contribution in [0.1, 0.15) is 232 Å². The van der Waals surface area contributed by atoms with Gasteiger partial charge in [-0.25, -0.2) is 4.57 Å². The van der Waals surface area contributed by atoms with Crippen molar-refractivity contribution in [2.45, 2.75) is 244 Å². The first-order valence-corrected chi connectivity index (χ1v) is 26.5. The number of phosphoric ester groups is 1. The van der Waals surface area contributed by atoms with E-state index >= 15 is 0 Å². The number of allylic oxidation sites excluding steroid dienone is 6. The molecule has 0 fully saturated rings. The number of hydrogen-bond acceptors (Lipinski definition) is 9. The molecule has 0 heterocycles. The second-order valence-electron chi connectivity index (χ2n) is 16.9. The highest BCUT2D eigenvalue weighted by atomic mass is 31.2. The summed E-state index contributed by atoms with van der Waals surface area (Å²) in [6, 6.07) is -1.52. The van der Waals surface area contributed by atoms with Crippen LogP contribution >= 0.6 is 7.82 Å². The van der Waals surface area contributed by atoms with E-state index in [1.165, 1.54) is 128 Å². The van der Waals surface area contributed by atoms with Gasteiger partial charge in [0.1, 0.15) is 12.6 Å². The summed E-state index contributed by atoms with van der Waals surface area (Å²) in [7, 11) is -4.72. The molecule has 0 aromatic carbocycles. The Morgan fingerprint density at radius 1 is 0.500 bits per heavy atom. The van der Waals surface area contributed by atoms with E-state index in [1.807, 2.05) is 0 Å². The smallest absolute Gasteiger partial charge is 0.472 e. The van der Waals surface area contributed by atoms with E-state index in [-0.39, 0.29) is 19.4 Å². The summed E-state index contributed by atoms with van der Waals surface area (Å²) in [6.07, 6.45) is 50.6. The van der Waals surface area contributed by atoms with Crippen LogP contribution in [-0.4, -0.2) is 59.9 Å². The number of unbranched alkanes of at least 4 members (excludes halogenated alkanes) is 27. The molecule has 0 aromatic rings. The maximum absolute atomic E-state index is 12.7. The fourth-order valence-electron chi connectivity index (χ4n) is 6.91. The number of phosphoric acid groups is 1. The minimum absolute atomic E-state index is 0.156. The molecule has 1 unspecified atom stereocenters. The zero-order valence-corrected chi connectivity index (χ0v) is 40.4. The largest absolute Gasteiger partial charge is 0.480 e. The Morgan fingerprint density at radius 2 is 0.855 bits per heavy atom. The van der Waals surface area contributed by atoms with E-state index in [4.69, 9.17) is 24.8 Å². The van der Waals surface area contributed by atoms with Crippen molar-refractivity contribution in [3.05, 3.63) is 36.5 Å². The number of carbonyl (C=O) groups excluding carboxylic acids is 2. The van der Waals surface area contributed by atoms with Gasteiger partial charge in [-0.1, -0.05) is 185 Å². The molecule has 362 valence electrons. The van der Waals surface area contributed by atoms with Crippen LogP contribution in [0.3, 0.4) is 0 Å². The summed E-state index contributed by atoms with van der Waals surface area (Å²) < 4.78 is 32.8. The molecule has 0 radical (unpaired) electrons. The van der Waals surface area contributed by atoms with Gasteiger partial charge >= 0.3 is 25.7 Å². The van der Waals surface area contributed by atoms with Crippen molar-refractivity contribution < 1.29 is 47.5 Å². The van der Waals surface area contributed by atoms with Gasteiger partial charge in [-0.2, -0.15) is 0 Å². The standard InChI is InChI=1S/C50H92NO10P/c1-3-5-7-9-11-13-15-17-19-21-23-25-27-29-31-33-35-37-39-41-48(52)58-43-46(44-59-62(56,57)60-45-47(51)50(54)55)61-49(53)42-40-38-36-34-32-30-28-26-24-22-20-18-16-14-12-10-8-6-4-2/h11,13,17,19,22,24,46-47H,3-10,12,14-16,18,20-21,23,25-45,51H2,1-2H3,(H,54,55)(H,56,57)/b13-11-,19-17-,24-22-/t46-,47+/m1/s1. The van der Waals surface area contributed by atoms with E-state index in [0.29, 0.717) is 12.8 Å². The van der Waals surface area contributed by atoms with Crippen LogP contribution in [0.4, 0.5) is 0 Å². The van der Waals surface area contributed by atoms with Gasteiger partial charge in [0.25, 0.3) is 0 Å². The van der Waals surface area contributed by atoms with Gasteiger partial charge in [0.15, 0.2) is 6.10 Å². The van der Waals surface area contributed by atoms with Crippen molar-refractivity contribution in [1.29, 1.82) is 0 Å². The molecule has 4 N–H and O–H groups in total. The third kappa shape index (κ3) is 44.3. The normalized spacial score (nSPS) is 13.9. The van der Waals surface area contributed by atoms with Gasteiger partial charge in [0.05, 0.1) is 13.2 Å². The molecule has 0 aromatic heterocycles. The minimum Gasteiger partial charge on any atom is -0.480 e. The Labute approximate surface area is 378 Å². The first kappa shape index (κ1) is 59.7. The molecule has 62 heavy (non-hydrogen) atoms. The molecule has 0 saturated heterocycles. The van der Waals surface area contributed by atoms with Crippen LogP contribution in [0.5, 0.6) is 0 Å². The molecule has 0 rings (SSSR count). The predicted octanol–water partition coefficient (Wildman–Crippen LogP) is 14.0. The molecular formula is C50H92NO10P. The fourth-order valence-corrected chi connectivity index (χ4v) is 7.69. The van der Waals surface area contributed by atoms with E-state index in [0.717, 1.165) is 64.2 Å². The average molecular weight is 898 g/mol. The molecule has 0 amide bonds. The van der Waals surface area contributed by atoms with E-state index in [1.54, 1.807) is 0 Å². The number of nitrogens with two attached hydrogens (primary N) is 1. The maximum Gasteiger partial charge on any atom is 0.472 e. The maximum atomic E-state index is 12.7. The number of esters is 2. The fraction of sp³-hybridized carbons (Fsp3) is 0.820. The van der Waals surface area contributed by atoms with E-state index < -0.39 is 51.1 Å².